The van der Waals surface area contributed by atoms with Gasteiger partial charge >= 0.3 is 0 Å². The Morgan fingerprint density at radius 1 is 0.686 bits per heavy atom. The minimum atomic E-state index is -0.848. The summed E-state index contributed by atoms with van der Waals surface area (Å²) >= 11 is 0. The van der Waals surface area contributed by atoms with Gasteiger partial charge in [0, 0.05) is 23.9 Å². The average molecular weight is 460 g/mol. The van der Waals surface area contributed by atoms with Crippen molar-refractivity contribution in [2.75, 3.05) is 0 Å². The van der Waals surface area contributed by atoms with E-state index in [2.05, 4.69) is 0 Å². The first-order valence-corrected chi connectivity index (χ1v) is 11.5. The first-order chi connectivity index (χ1) is 17.1. The van der Waals surface area contributed by atoms with Crippen LogP contribution in [0, 0.1) is 0 Å². The van der Waals surface area contributed by atoms with Gasteiger partial charge in [-0.15, -0.1) is 0 Å². The van der Waals surface area contributed by atoms with Crippen molar-refractivity contribution in [1.29, 1.82) is 0 Å². The summed E-state index contributed by atoms with van der Waals surface area (Å²) in [5.41, 5.74) is 5.75. The van der Waals surface area contributed by atoms with Gasteiger partial charge in [-0.3, -0.25) is 4.79 Å². The summed E-state index contributed by atoms with van der Waals surface area (Å²) in [5.74, 6) is -0.335. The van der Waals surface area contributed by atoms with Crippen molar-refractivity contribution in [3.8, 4) is 33.7 Å². The van der Waals surface area contributed by atoms with Crippen LogP contribution in [-0.2, 0) is 6.42 Å². The number of pyridine rings is 1. The molecule has 0 aliphatic rings. The Labute approximate surface area is 204 Å². The van der Waals surface area contributed by atoms with Gasteiger partial charge < -0.3 is 14.8 Å². The molecule has 35 heavy (non-hydrogen) atoms. The lowest BCUT2D eigenvalue weighted by molar-refractivity contribution is 0.177. The van der Waals surface area contributed by atoms with E-state index in [1.165, 1.54) is 12.3 Å². The second kappa shape index (κ2) is 9.84. The van der Waals surface area contributed by atoms with E-state index in [0.717, 1.165) is 33.5 Å². The maximum Gasteiger partial charge on any atom is 0.223 e. The van der Waals surface area contributed by atoms with Crippen molar-refractivity contribution in [1.82, 2.24) is 4.57 Å². The van der Waals surface area contributed by atoms with Crippen molar-refractivity contribution in [2.45, 2.75) is 12.5 Å². The maximum atomic E-state index is 12.4. The highest BCUT2D eigenvalue weighted by molar-refractivity contribution is 5.68. The first-order valence-electron chi connectivity index (χ1n) is 11.5. The van der Waals surface area contributed by atoms with Crippen molar-refractivity contribution in [3.63, 3.8) is 0 Å². The van der Waals surface area contributed by atoms with Crippen molar-refractivity contribution in [3.05, 3.63) is 143 Å². The van der Waals surface area contributed by atoms with Gasteiger partial charge in [0.25, 0.3) is 0 Å². The first kappa shape index (κ1) is 22.4. The zero-order valence-electron chi connectivity index (χ0n) is 19.1. The molecular formula is C31H25NO3. The SMILES string of the molecule is O=c1cc(CC(O)c2ccccc2-c2ccccc2)n(-c2cccc(-c3ccccc3)c2)cc1O. The van der Waals surface area contributed by atoms with Crippen molar-refractivity contribution >= 4 is 0 Å². The molecule has 2 N–H and O–H groups in total. The molecule has 5 rings (SSSR count). The highest BCUT2D eigenvalue weighted by atomic mass is 16.3. The molecule has 0 aliphatic carbocycles. The fourth-order valence-electron chi connectivity index (χ4n) is 4.40. The minimum Gasteiger partial charge on any atom is -0.503 e. The molecule has 0 fully saturated rings. The zero-order chi connectivity index (χ0) is 24.2. The Kier molecular flexibility index (Phi) is 6.29. The molecule has 4 heteroatoms. The van der Waals surface area contributed by atoms with E-state index in [1.54, 1.807) is 4.57 Å². The van der Waals surface area contributed by atoms with Gasteiger partial charge in [0.15, 0.2) is 5.75 Å². The molecule has 0 radical (unpaired) electrons. The lowest BCUT2D eigenvalue weighted by Crippen LogP contribution is -2.14. The van der Waals surface area contributed by atoms with E-state index in [-0.39, 0.29) is 12.2 Å². The van der Waals surface area contributed by atoms with Crippen molar-refractivity contribution in [2.24, 2.45) is 0 Å². The summed E-state index contributed by atoms with van der Waals surface area (Å²) in [5, 5.41) is 21.5. The Hall–Kier alpha value is -4.41. The molecule has 0 spiro atoms. The van der Waals surface area contributed by atoms with Crippen LogP contribution in [0.4, 0.5) is 0 Å². The zero-order valence-corrected chi connectivity index (χ0v) is 19.1. The molecule has 0 saturated heterocycles. The fourth-order valence-corrected chi connectivity index (χ4v) is 4.40. The standard InChI is InChI=1S/C31H25NO3/c33-29(28-17-8-7-16-27(28)23-12-5-2-6-13-23)19-26-20-30(34)31(35)21-32(26)25-15-9-14-24(18-25)22-10-3-1-4-11-22/h1-18,20-21,29,33,35H,19H2. The molecule has 0 bridgehead atoms. The van der Waals surface area contributed by atoms with Gasteiger partial charge in [-0.25, -0.2) is 0 Å². The predicted octanol–water partition coefficient (Wildman–Crippen LogP) is 6.15. The summed E-state index contributed by atoms with van der Waals surface area (Å²) in [6.45, 7) is 0. The van der Waals surface area contributed by atoms with Crippen LogP contribution in [0.25, 0.3) is 27.9 Å². The molecule has 1 atom stereocenters. The van der Waals surface area contributed by atoms with Gasteiger partial charge in [0.05, 0.1) is 12.3 Å². The van der Waals surface area contributed by atoms with Crippen molar-refractivity contribution < 1.29 is 10.2 Å². The minimum absolute atomic E-state index is 0.203. The molecular weight excluding hydrogens is 434 g/mol. The number of aromatic nitrogens is 1. The summed E-state index contributed by atoms with van der Waals surface area (Å²) in [7, 11) is 0. The van der Waals surface area contributed by atoms with E-state index in [1.807, 2.05) is 109 Å². The number of aromatic hydroxyl groups is 1. The fraction of sp³-hybridized carbons (Fsp3) is 0.0645. The van der Waals surface area contributed by atoms with Crippen LogP contribution >= 0.6 is 0 Å². The van der Waals surface area contributed by atoms with E-state index in [4.69, 9.17) is 0 Å². The number of aliphatic hydroxyl groups is 1. The Bertz CT molecular complexity index is 1510. The number of hydrogen-bond donors (Lipinski definition) is 2. The van der Waals surface area contributed by atoms with E-state index >= 15 is 0 Å². The van der Waals surface area contributed by atoms with Crippen LogP contribution in [-0.4, -0.2) is 14.8 Å². The van der Waals surface area contributed by atoms with Gasteiger partial charge in [0.2, 0.25) is 5.43 Å². The smallest absolute Gasteiger partial charge is 0.223 e. The third-order valence-electron chi connectivity index (χ3n) is 6.15. The molecule has 172 valence electrons. The van der Waals surface area contributed by atoms with Crippen LogP contribution in [0.3, 0.4) is 0 Å². The molecule has 0 aliphatic heterocycles. The Morgan fingerprint density at radius 2 is 1.31 bits per heavy atom. The lowest BCUT2D eigenvalue weighted by Gasteiger charge is -2.20. The second-order valence-electron chi connectivity index (χ2n) is 8.47. The predicted molar refractivity (Wildman–Crippen MR) is 140 cm³/mol. The summed E-state index contributed by atoms with van der Waals surface area (Å²) in [6.07, 6.45) is 0.783. The molecule has 4 nitrogen and oxygen atoms in total. The molecule has 4 aromatic carbocycles. The van der Waals surface area contributed by atoms with Gasteiger partial charge in [0.1, 0.15) is 0 Å². The highest BCUT2D eigenvalue weighted by Crippen LogP contribution is 2.31. The number of rotatable bonds is 6. The van der Waals surface area contributed by atoms with Gasteiger partial charge in [-0.1, -0.05) is 97.1 Å². The highest BCUT2D eigenvalue weighted by Gasteiger charge is 2.17. The summed E-state index contributed by atoms with van der Waals surface area (Å²) < 4.78 is 1.78. The van der Waals surface area contributed by atoms with E-state index in [9.17, 15) is 15.0 Å². The quantitative estimate of drug-likeness (QED) is 0.320. The third-order valence-corrected chi connectivity index (χ3v) is 6.15. The monoisotopic (exact) mass is 459 g/mol. The molecule has 0 saturated carbocycles. The summed E-state index contributed by atoms with van der Waals surface area (Å²) in [6, 6.07) is 37.0. The van der Waals surface area contributed by atoms with E-state index < -0.39 is 11.5 Å². The maximum absolute atomic E-state index is 12.4. The number of aliphatic hydroxyl groups excluding tert-OH is 1. The molecule has 0 amide bonds. The normalized spacial score (nSPS) is 11.8. The average Bonchev–Trinajstić information content (AvgIpc) is 2.91. The summed E-state index contributed by atoms with van der Waals surface area (Å²) in [4.78, 5) is 12.4. The van der Waals surface area contributed by atoms with E-state index in [0.29, 0.717) is 5.69 Å². The third kappa shape index (κ3) is 4.79. The number of nitrogens with zero attached hydrogens (tertiary/aromatic N) is 1. The van der Waals surface area contributed by atoms with Gasteiger partial charge in [-0.2, -0.15) is 0 Å². The largest absolute Gasteiger partial charge is 0.503 e. The lowest BCUT2D eigenvalue weighted by atomic mass is 9.94. The van der Waals surface area contributed by atoms with Crippen LogP contribution in [0.5, 0.6) is 5.75 Å². The molecule has 5 aromatic rings. The van der Waals surface area contributed by atoms with Crippen LogP contribution in [0.15, 0.2) is 126 Å². The second-order valence-corrected chi connectivity index (χ2v) is 8.47. The number of benzene rings is 4. The molecule has 1 unspecified atom stereocenters. The Morgan fingerprint density at radius 3 is 2.06 bits per heavy atom. The van der Waals surface area contributed by atoms with Crippen LogP contribution < -0.4 is 5.43 Å². The molecule has 1 heterocycles. The number of hydrogen-bond acceptors (Lipinski definition) is 3. The van der Waals surface area contributed by atoms with Gasteiger partial charge in [-0.05, 0) is 39.9 Å². The molecule has 1 aromatic heterocycles. The van der Waals surface area contributed by atoms with Crippen LogP contribution in [0.2, 0.25) is 0 Å². The topological polar surface area (TPSA) is 62.5 Å². The van der Waals surface area contributed by atoms with Crippen LogP contribution in [0.1, 0.15) is 17.4 Å². The Balaban J connectivity index is 1.55.